The molecule has 14 rings (SSSR count). The molecule has 71 heavy (non-hydrogen) atoms. The number of furan rings is 2. The molecule has 6 heteroatoms. The number of benzene rings is 10. The zero-order valence-corrected chi connectivity index (χ0v) is 39.0. The Bertz CT molecular complexity index is 4330. The normalized spacial score (nSPS) is 11.5. The highest BCUT2D eigenvalue weighted by Gasteiger charge is 2.20. The molecule has 4 heterocycles. The Kier molecular flexibility index (Phi) is 10.2. The molecule has 0 radical (unpaired) electrons. The molecule has 4 aromatic heterocycles. The van der Waals surface area contributed by atoms with Gasteiger partial charge in [0, 0.05) is 65.8 Å². The smallest absolute Gasteiger partial charge is 0.164 e. The summed E-state index contributed by atoms with van der Waals surface area (Å²) in [6.45, 7) is 4.00. The van der Waals surface area contributed by atoms with E-state index in [1.165, 1.54) is 10.8 Å². The minimum absolute atomic E-state index is 0.577. The van der Waals surface area contributed by atoms with Gasteiger partial charge in [-0.25, -0.2) is 15.0 Å². The van der Waals surface area contributed by atoms with Crippen molar-refractivity contribution in [2.24, 2.45) is 0 Å². The fourth-order valence-corrected chi connectivity index (χ4v) is 10.2. The van der Waals surface area contributed by atoms with E-state index in [0.29, 0.717) is 17.5 Å². The van der Waals surface area contributed by atoms with E-state index in [-0.39, 0.29) is 0 Å². The van der Waals surface area contributed by atoms with E-state index in [1.54, 1.807) is 0 Å². The molecule has 0 unspecified atom stereocenters. The lowest BCUT2D eigenvalue weighted by Crippen LogP contribution is -2.00. The van der Waals surface area contributed by atoms with Gasteiger partial charge in [-0.15, -0.1) is 0 Å². The Labute approximate surface area is 409 Å². The largest absolute Gasteiger partial charge is 0.456 e. The van der Waals surface area contributed by atoms with E-state index < -0.39 is 0 Å². The van der Waals surface area contributed by atoms with Gasteiger partial charge in [0.25, 0.3) is 0 Å². The summed E-state index contributed by atoms with van der Waals surface area (Å²) < 4.78 is 15.2. The number of rotatable bonds is 7. The van der Waals surface area contributed by atoms with Crippen LogP contribution < -0.4 is 0 Å². The number of nitrogens with zero attached hydrogens (tertiary/aromatic N) is 4. The lowest BCUT2D eigenvalue weighted by atomic mass is 9.96. The van der Waals surface area contributed by atoms with Gasteiger partial charge in [-0.05, 0) is 76.9 Å². The summed E-state index contributed by atoms with van der Waals surface area (Å²) in [6.07, 6.45) is 0. The molecular formula is C65H44N4O2. The molecular weight excluding hydrogens is 869 g/mol. The first-order valence-corrected chi connectivity index (χ1v) is 24.2. The average Bonchev–Trinajstić information content (AvgIpc) is 4.13. The fourth-order valence-electron chi connectivity index (χ4n) is 10.2. The Morgan fingerprint density at radius 1 is 0.310 bits per heavy atom. The maximum atomic E-state index is 6.50. The zero-order valence-electron chi connectivity index (χ0n) is 39.0. The number of fused-ring (bicyclic) bond motifs is 9. The van der Waals surface area contributed by atoms with Crippen LogP contribution >= 0.6 is 0 Å². The van der Waals surface area contributed by atoms with Crippen molar-refractivity contribution in [1.29, 1.82) is 0 Å². The van der Waals surface area contributed by atoms with Crippen LogP contribution in [0.5, 0.6) is 0 Å². The first-order chi connectivity index (χ1) is 35.2. The van der Waals surface area contributed by atoms with Crippen molar-refractivity contribution < 1.29 is 8.83 Å². The molecule has 0 amide bonds. The van der Waals surface area contributed by atoms with Crippen LogP contribution in [0, 0.1) is 0 Å². The van der Waals surface area contributed by atoms with E-state index in [0.717, 1.165) is 111 Å². The van der Waals surface area contributed by atoms with E-state index in [1.807, 2.05) is 80.6 Å². The SMILES string of the molecule is CC.c1ccc(-c2nc(-c3cccc(-c4cccc(-n5c6ccccc6c6cccc(-c7cccc(-c8cccc9c8oc8ccccc89)c7)c65)c4)c3)nc(-c3ccc4c(c3)oc3ccccc34)n2)cc1. The Morgan fingerprint density at radius 2 is 0.803 bits per heavy atom. The van der Waals surface area contributed by atoms with Gasteiger partial charge >= 0.3 is 0 Å². The number of aromatic nitrogens is 4. The maximum absolute atomic E-state index is 6.50. The predicted octanol–water partition coefficient (Wildman–Crippen LogP) is 17.8. The monoisotopic (exact) mass is 912 g/mol. The van der Waals surface area contributed by atoms with Crippen LogP contribution in [0.3, 0.4) is 0 Å². The van der Waals surface area contributed by atoms with Gasteiger partial charge in [-0.3, -0.25) is 0 Å². The average molecular weight is 913 g/mol. The van der Waals surface area contributed by atoms with Crippen LogP contribution in [0.25, 0.3) is 139 Å². The van der Waals surface area contributed by atoms with Gasteiger partial charge in [0.15, 0.2) is 17.5 Å². The van der Waals surface area contributed by atoms with Crippen molar-refractivity contribution in [2.45, 2.75) is 13.8 Å². The first kappa shape index (κ1) is 41.8. The lowest BCUT2D eigenvalue weighted by Gasteiger charge is -2.14. The predicted molar refractivity (Wildman–Crippen MR) is 293 cm³/mol. The molecule has 0 N–H and O–H groups in total. The van der Waals surface area contributed by atoms with Gasteiger partial charge in [-0.2, -0.15) is 0 Å². The molecule has 0 aliphatic heterocycles. The van der Waals surface area contributed by atoms with Crippen molar-refractivity contribution in [3.63, 3.8) is 0 Å². The third kappa shape index (κ3) is 7.15. The highest BCUT2D eigenvalue weighted by molar-refractivity contribution is 6.14. The third-order valence-electron chi connectivity index (χ3n) is 13.4. The van der Waals surface area contributed by atoms with Crippen molar-refractivity contribution in [3.05, 3.63) is 231 Å². The standard InChI is InChI=1S/C63H38N4O2.C2H6/c1-2-15-39(16-3-1)61-64-62(66-63(65-61)45-33-34-52-50-24-5-8-31-56(50)68-58(52)38-45)44-21-10-17-40(35-44)41-18-12-22-46(37-41)67-55-30-7-4-23-49(55)53-28-13-26-47(59(53)67)42-19-11-20-43(36-42)48-27-14-29-54-51-25-6-9-32-57(51)69-60(48)54;1-2/h1-38H;1-2H3. The van der Waals surface area contributed by atoms with Crippen molar-refractivity contribution in [2.75, 3.05) is 0 Å². The minimum atomic E-state index is 0.577. The number of hydrogen-bond donors (Lipinski definition) is 0. The molecule has 0 saturated heterocycles. The van der Waals surface area contributed by atoms with Crippen LogP contribution in [0.2, 0.25) is 0 Å². The van der Waals surface area contributed by atoms with Gasteiger partial charge in [0.05, 0.1) is 11.0 Å². The molecule has 6 nitrogen and oxygen atoms in total. The van der Waals surface area contributed by atoms with Gasteiger partial charge < -0.3 is 13.4 Å². The Morgan fingerprint density at radius 3 is 1.58 bits per heavy atom. The molecule has 0 atom stereocenters. The summed E-state index contributed by atoms with van der Waals surface area (Å²) in [5.74, 6) is 1.77. The number of para-hydroxylation sites is 5. The summed E-state index contributed by atoms with van der Waals surface area (Å²) in [7, 11) is 0. The van der Waals surface area contributed by atoms with Gasteiger partial charge in [0.1, 0.15) is 22.3 Å². The Hall–Kier alpha value is -9.39. The summed E-state index contributed by atoms with van der Waals surface area (Å²) in [5.41, 5.74) is 16.0. The second kappa shape index (κ2) is 17.3. The summed E-state index contributed by atoms with van der Waals surface area (Å²) in [5, 5.41) is 6.77. The van der Waals surface area contributed by atoms with E-state index in [4.69, 9.17) is 23.8 Å². The molecule has 0 aliphatic carbocycles. The molecule has 336 valence electrons. The van der Waals surface area contributed by atoms with E-state index >= 15 is 0 Å². The molecule has 0 spiro atoms. The maximum Gasteiger partial charge on any atom is 0.164 e. The third-order valence-corrected chi connectivity index (χ3v) is 13.4. The number of hydrogen-bond acceptors (Lipinski definition) is 5. The van der Waals surface area contributed by atoms with Crippen molar-refractivity contribution in [1.82, 2.24) is 19.5 Å². The molecule has 10 aromatic carbocycles. The van der Waals surface area contributed by atoms with E-state index in [2.05, 4.69) is 168 Å². The molecule has 14 aromatic rings. The molecule has 0 fully saturated rings. The topological polar surface area (TPSA) is 69.9 Å². The molecule has 0 saturated carbocycles. The van der Waals surface area contributed by atoms with Crippen molar-refractivity contribution >= 4 is 65.7 Å². The first-order valence-electron chi connectivity index (χ1n) is 24.2. The highest BCUT2D eigenvalue weighted by Crippen LogP contribution is 2.42. The minimum Gasteiger partial charge on any atom is -0.456 e. The summed E-state index contributed by atoms with van der Waals surface area (Å²) in [4.78, 5) is 15.3. The fraction of sp³-hybridized carbons (Fsp3) is 0.0308. The molecule has 0 aliphatic rings. The lowest BCUT2D eigenvalue weighted by molar-refractivity contribution is 0.669. The quantitative estimate of drug-likeness (QED) is 0.159. The second-order valence-electron chi connectivity index (χ2n) is 17.5. The summed E-state index contributed by atoms with van der Waals surface area (Å²) in [6, 6.07) is 80.6. The summed E-state index contributed by atoms with van der Waals surface area (Å²) >= 11 is 0. The van der Waals surface area contributed by atoms with E-state index in [9.17, 15) is 0 Å². The van der Waals surface area contributed by atoms with Crippen LogP contribution in [-0.4, -0.2) is 19.5 Å². The van der Waals surface area contributed by atoms with Gasteiger partial charge in [-0.1, -0.05) is 190 Å². The van der Waals surface area contributed by atoms with Crippen LogP contribution in [-0.2, 0) is 0 Å². The van der Waals surface area contributed by atoms with Crippen LogP contribution in [0.4, 0.5) is 0 Å². The Balaban J connectivity index is 0.00000243. The van der Waals surface area contributed by atoms with Gasteiger partial charge in [0.2, 0.25) is 0 Å². The second-order valence-corrected chi connectivity index (χ2v) is 17.5. The van der Waals surface area contributed by atoms with Crippen LogP contribution in [0.1, 0.15) is 13.8 Å². The molecule has 0 bridgehead atoms. The van der Waals surface area contributed by atoms with Crippen LogP contribution in [0.15, 0.2) is 239 Å². The van der Waals surface area contributed by atoms with Crippen molar-refractivity contribution in [3.8, 4) is 73.2 Å². The zero-order chi connectivity index (χ0) is 47.4. The highest BCUT2D eigenvalue weighted by atomic mass is 16.3.